The molecule has 0 saturated carbocycles. The van der Waals surface area contributed by atoms with Crippen molar-refractivity contribution in [3.8, 4) is 0 Å². The number of benzene rings is 2. The van der Waals surface area contributed by atoms with E-state index in [1.165, 1.54) is 0 Å². The minimum atomic E-state index is 0.445. The molecule has 0 N–H and O–H groups in total. The summed E-state index contributed by atoms with van der Waals surface area (Å²) in [5.41, 5.74) is 3.06. The zero-order valence-electron chi connectivity index (χ0n) is 12.5. The van der Waals surface area contributed by atoms with Crippen molar-refractivity contribution >= 4 is 39.8 Å². The van der Waals surface area contributed by atoms with Gasteiger partial charge in [0, 0.05) is 22.7 Å². The minimum absolute atomic E-state index is 0.445. The summed E-state index contributed by atoms with van der Waals surface area (Å²) in [5.74, 6) is 0. The van der Waals surface area contributed by atoms with Crippen molar-refractivity contribution in [3.05, 3.63) is 75.9 Å². The highest BCUT2D eigenvalue weighted by Crippen LogP contribution is 2.28. The van der Waals surface area contributed by atoms with Crippen molar-refractivity contribution in [2.45, 2.75) is 6.92 Å². The SMILES string of the molecule is CCON=C(c1cnc2ccccc2c1)c1cccc(Cl)c1Cl. The summed E-state index contributed by atoms with van der Waals surface area (Å²) in [7, 11) is 0. The number of rotatable bonds is 4. The molecule has 0 radical (unpaired) electrons. The second-order valence-corrected chi connectivity index (χ2v) is 5.66. The lowest BCUT2D eigenvalue weighted by Gasteiger charge is -2.10. The summed E-state index contributed by atoms with van der Waals surface area (Å²) < 4.78 is 0. The highest BCUT2D eigenvalue weighted by molar-refractivity contribution is 6.44. The number of fused-ring (bicyclic) bond motifs is 1. The van der Waals surface area contributed by atoms with Gasteiger partial charge in [0.15, 0.2) is 0 Å². The van der Waals surface area contributed by atoms with Crippen LogP contribution in [0.2, 0.25) is 10.0 Å². The fourth-order valence-corrected chi connectivity index (χ4v) is 2.66. The molecule has 3 rings (SSSR count). The van der Waals surface area contributed by atoms with E-state index in [9.17, 15) is 0 Å². The average molecular weight is 345 g/mol. The Bertz CT molecular complexity index is 878. The second-order valence-electron chi connectivity index (χ2n) is 4.88. The maximum atomic E-state index is 6.35. The lowest BCUT2D eigenvalue weighted by atomic mass is 10.0. The van der Waals surface area contributed by atoms with E-state index in [1.807, 2.05) is 49.4 Å². The van der Waals surface area contributed by atoms with E-state index in [2.05, 4.69) is 10.1 Å². The van der Waals surface area contributed by atoms with Gasteiger partial charge in [0.1, 0.15) is 12.3 Å². The molecule has 23 heavy (non-hydrogen) atoms. The molecule has 0 spiro atoms. The molecule has 1 heterocycles. The van der Waals surface area contributed by atoms with Gasteiger partial charge in [-0.1, -0.05) is 58.7 Å². The van der Waals surface area contributed by atoms with Crippen LogP contribution < -0.4 is 0 Å². The van der Waals surface area contributed by atoms with Gasteiger partial charge in [0.2, 0.25) is 0 Å². The molecule has 3 nitrogen and oxygen atoms in total. The first-order valence-electron chi connectivity index (χ1n) is 7.20. The maximum absolute atomic E-state index is 6.35. The van der Waals surface area contributed by atoms with Crippen LogP contribution in [0, 0.1) is 0 Å². The van der Waals surface area contributed by atoms with E-state index in [1.54, 1.807) is 12.3 Å². The zero-order chi connectivity index (χ0) is 16.2. The van der Waals surface area contributed by atoms with Gasteiger partial charge in [-0.2, -0.15) is 0 Å². The number of hydrogen-bond acceptors (Lipinski definition) is 3. The van der Waals surface area contributed by atoms with Crippen LogP contribution in [0.15, 0.2) is 59.9 Å². The van der Waals surface area contributed by atoms with Crippen LogP contribution in [-0.2, 0) is 4.84 Å². The molecule has 5 heteroatoms. The van der Waals surface area contributed by atoms with Crippen molar-refractivity contribution in [2.75, 3.05) is 6.61 Å². The molecule has 0 aliphatic carbocycles. The molecule has 0 atom stereocenters. The third kappa shape index (κ3) is 3.31. The molecule has 2 aromatic carbocycles. The second kappa shape index (κ2) is 6.99. The maximum Gasteiger partial charge on any atom is 0.120 e. The summed E-state index contributed by atoms with van der Waals surface area (Å²) in [5, 5.41) is 6.17. The number of aromatic nitrogens is 1. The largest absolute Gasteiger partial charge is 0.396 e. The van der Waals surface area contributed by atoms with Gasteiger partial charge in [-0.05, 0) is 25.1 Å². The Labute approximate surface area is 144 Å². The highest BCUT2D eigenvalue weighted by atomic mass is 35.5. The van der Waals surface area contributed by atoms with Gasteiger partial charge < -0.3 is 4.84 Å². The number of para-hydroxylation sites is 1. The van der Waals surface area contributed by atoms with Crippen LogP contribution in [0.25, 0.3) is 10.9 Å². The Morgan fingerprint density at radius 1 is 1.13 bits per heavy atom. The predicted octanol–water partition coefficient (Wildman–Crippen LogP) is 5.33. The summed E-state index contributed by atoms with van der Waals surface area (Å²) in [6.45, 7) is 2.34. The molecule has 3 aromatic rings. The Balaban J connectivity index is 2.16. The molecule has 0 bridgehead atoms. The lowest BCUT2D eigenvalue weighted by Crippen LogP contribution is -2.06. The number of hydrogen-bond donors (Lipinski definition) is 0. The summed E-state index contributed by atoms with van der Waals surface area (Å²) in [6.07, 6.45) is 1.76. The van der Waals surface area contributed by atoms with E-state index >= 15 is 0 Å². The number of nitrogens with zero attached hydrogens (tertiary/aromatic N) is 2. The zero-order valence-corrected chi connectivity index (χ0v) is 14.0. The van der Waals surface area contributed by atoms with Gasteiger partial charge in [0.25, 0.3) is 0 Å². The van der Waals surface area contributed by atoms with Gasteiger partial charge in [0.05, 0.1) is 15.6 Å². The molecule has 0 unspecified atom stereocenters. The van der Waals surface area contributed by atoms with Gasteiger partial charge in [-0.15, -0.1) is 0 Å². The van der Waals surface area contributed by atoms with Crippen molar-refractivity contribution < 1.29 is 4.84 Å². The average Bonchev–Trinajstić information content (AvgIpc) is 2.58. The molecule has 0 amide bonds. The van der Waals surface area contributed by atoms with E-state index in [0.29, 0.717) is 27.9 Å². The normalized spacial score (nSPS) is 11.7. The van der Waals surface area contributed by atoms with Crippen LogP contribution in [0.1, 0.15) is 18.1 Å². The fourth-order valence-electron chi connectivity index (χ4n) is 2.27. The van der Waals surface area contributed by atoms with E-state index in [0.717, 1.165) is 16.5 Å². The molecule has 0 saturated heterocycles. The molecule has 0 fully saturated rings. The first kappa shape index (κ1) is 15.8. The van der Waals surface area contributed by atoms with Gasteiger partial charge in [-0.3, -0.25) is 4.98 Å². The summed E-state index contributed by atoms with van der Waals surface area (Å²) in [6, 6.07) is 15.3. The molecular formula is C18H14Cl2N2O. The predicted molar refractivity (Wildman–Crippen MR) is 95.5 cm³/mol. The van der Waals surface area contributed by atoms with E-state index in [4.69, 9.17) is 28.0 Å². The van der Waals surface area contributed by atoms with Gasteiger partial charge in [-0.25, -0.2) is 0 Å². The lowest BCUT2D eigenvalue weighted by molar-refractivity contribution is 0.159. The van der Waals surface area contributed by atoms with Crippen LogP contribution >= 0.6 is 23.2 Å². The van der Waals surface area contributed by atoms with Gasteiger partial charge >= 0.3 is 0 Å². The van der Waals surface area contributed by atoms with Crippen LogP contribution in [0.5, 0.6) is 0 Å². The van der Waals surface area contributed by atoms with Crippen LogP contribution in [0.4, 0.5) is 0 Å². The summed E-state index contributed by atoms with van der Waals surface area (Å²) >= 11 is 12.5. The smallest absolute Gasteiger partial charge is 0.120 e. The van der Waals surface area contributed by atoms with Crippen LogP contribution in [0.3, 0.4) is 0 Å². The van der Waals surface area contributed by atoms with Crippen molar-refractivity contribution in [1.29, 1.82) is 0 Å². The Morgan fingerprint density at radius 3 is 2.78 bits per heavy atom. The number of pyridine rings is 1. The highest BCUT2D eigenvalue weighted by Gasteiger charge is 2.15. The van der Waals surface area contributed by atoms with Crippen molar-refractivity contribution in [1.82, 2.24) is 4.98 Å². The van der Waals surface area contributed by atoms with E-state index < -0.39 is 0 Å². The fraction of sp³-hybridized carbons (Fsp3) is 0.111. The standard InChI is InChI=1S/C18H14Cl2N2O/c1-2-23-22-18(14-7-5-8-15(19)17(14)20)13-10-12-6-3-4-9-16(12)21-11-13/h3-11H,2H2,1H3. The Kier molecular flexibility index (Phi) is 4.79. The third-order valence-electron chi connectivity index (χ3n) is 3.36. The Morgan fingerprint density at radius 2 is 1.96 bits per heavy atom. The topological polar surface area (TPSA) is 34.5 Å². The summed E-state index contributed by atoms with van der Waals surface area (Å²) in [4.78, 5) is 9.75. The quantitative estimate of drug-likeness (QED) is 0.473. The molecule has 0 aliphatic rings. The monoisotopic (exact) mass is 344 g/mol. The first-order valence-corrected chi connectivity index (χ1v) is 7.96. The number of halogens is 2. The molecule has 1 aromatic heterocycles. The van der Waals surface area contributed by atoms with Crippen molar-refractivity contribution in [2.24, 2.45) is 5.16 Å². The van der Waals surface area contributed by atoms with E-state index in [-0.39, 0.29) is 0 Å². The minimum Gasteiger partial charge on any atom is -0.396 e. The van der Waals surface area contributed by atoms with Crippen LogP contribution in [-0.4, -0.2) is 17.3 Å². The molecule has 116 valence electrons. The third-order valence-corrected chi connectivity index (χ3v) is 4.17. The Hall–Kier alpha value is -2.10. The molecular weight excluding hydrogens is 331 g/mol. The molecule has 0 aliphatic heterocycles. The van der Waals surface area contributed by atoms with Crippen molar-refractivity contribution in [3.63, 3.8) is 0 Å². The first-order chi connectivity index (χ1) is 11.2. The number of oxime groups is 1.